The lowest BCUT2D eigenvalue weighted by atomic mass is 10.3. The molecule has 0 spiro atoms. The highest BCUT2D eigenvalue weighted by molar-refractivity contribution is 5.36. The summed E-state index contributed by atoms with van der Waals surface area (Å²) >= 11 is 0. The number of hydrogen-bond donors (Lipinski definition) is 1. The SMILES string of the molecule is CCCOc1nc(N)nc(N(CC)C(C)C)n1. The third kappa shape index (κ3) is 3.72. The standard InChI is InChI=1S/C11H21N5O/c1-5-7-17-11-14-9(12)13-10(15-11)16(6-2)8(3)4/h8H,5-7H2,1-4H3,(H2,12,13,14,15). The number of nitrogens with two attached hydrogens (primary N) is 1. The molecule has 1 rings (SSSR count). The van der Waals surface area contributed by atoms with E-state index in [2.05, 4.69) is 28.8 Å². The number of hydrogen-bond acceptors (Lipinski definition) is 6. The van der Waals surface area contributed by atoms with Gasteiger partial charge < -0.3 is 15.4 Å². The first-order valence-electron chi connectivity index (χ1n) is 5.99. The van der Waals surface area contributed by atoms with Crippen molar-refractivity contribution in [2.24, 2.45) is 0 Å². The summed E-state index contributed by atoms with van der Waals surface area (Å²) in [6, 6.07) is 0.606. The third-order valence-electron chi connectivity index (χ3n) is 2.28. The lowest BCUT2D eigenvalue weighted by Crippen LogP contribution is -2.32. The van der Waals surface area contributed by atoms with Crippen molar-refractivity contribution in [3.05, 3.63) is 0 Å². The minimum absolute atomic E-state index is 0.195. The van der Waals surface area contributed by atoms with Crippen LogP contribution >= 0.6 is 0 Å². The second kappa shape index (κ2) is 6.22. The summed E-state index contributed by atoms with van der Waals surface area (Å²) in [6.07, 6.45) is 0.905. The molecular formula is C11H21N5O. The summed E-state index contributed by atoms with van der Waals surface area (Å²) in [6.45, 7) is 9.63. The van der Waals surface area contributed by atoms with Gasteiger partial charge in [0.1, 0.15) is 0 Å². The van der Waals surface area contributed by atoms with Crippen molar-refractivity contribution in [3.8, 4) is 6.01 Å². The van der Waals surface area contributed by atoms with Gasteiger partial charge in [-0.3, -0.25) is 0 Å². The summed E-state index contributed by atoms with van der Waals surface area (Å²) in [5, 5.41) is 0. The number of aromatic nitrogens is 3. The van der Waals surface area contributed by atoms with Gasteiger partial charge in [0.05, 0.1) is 6.61 Å². The minimum atomic E-state index is 0.195. The van der Waals surface area contributed by atoms with Crippen molar-refractivity contribution in [1.82, 2.24) is 15.0 Å². The van der Waals surface area contributed by atoms with Crippen LogP contribution in [0.5, 0.6) is 6.01 Å². The van der Waals surface area contributed by atoms with Gasteiger partial charge in [-0.25, -0.2) is 0 Å². The normalized spacial score (nSPS) is 10.6. The fraction of sp³-hybridized carbons (Fsp3) is 0.727. The summed E-state index contributed by atoms with van der Waals surface area (Å²) in [7, 11) is 0. The highest BCUT2D eigenvalue weighted by atomic mass is 16.5. The molecule has 0 saturated carbocycles. The monoisotopic (exact) mass is 239 g/mol. The van der Waals surface area contributed by atoms with E-state index < -0.39 is 0 Å². The van der Waals surface area contributed by atoms with E-state index in [-0.39, 0.29) is 5.95 Å². The van der Waals surface area contributed by atoms with Crippen molar-refractivity contribution in [2.75, 3.05) is 23.8 Å². The lowest BCUT2D eigenvalue weighted by molar-refractivity contribution is 0.292. The van der Waals surface area contributed by atoms with Crippen LogP contribution in [0.1, 0.15) is 34.1 Å². The fourth-order valence-corrected chi connectivity index (χ4v) is 1.48. The molecule has 1 aromatic heterocycles. The molecule has 6 heteroatoms. The molecule has 0 atom stereocenters. The second-order valence-electron chi connectivity index (χ2n) is 4.00. The predicted molar refractivity (Wildman–Crippen MR) is 68.2 cm³/mol. The minimum Gasteiger partial charge on any atom is -0.463 e. The quantitative estimate of drug-likeness (QED) is 0.810. The van der Waals surface area contributed by atoms with Gasteiger partial charge in [-0.1, -0.05) is 6.92 Å². The van der Waals surface area contributed by atoms with Crippen molar-refractivity contribution in [1.29, 1.82) is 0 Å². The molecule has 0 amide bonds. The number of nitrogen functional groups attached to an aromatic ring is 1. The van der Waals surface area contributed by atoms with Gasteiger partial charge in [0.25, 0.3) is 0 Å². The maximum atomic E-state index is 5.65. The van der Waals surface area contributed by atoms with E-state index in [1.54, 1.807) is 0 Å². The molecule has 0 saturated heterocycles. The zero-order chi connectivity index (χ0) is 12.8. The number of nitrogens with zero attached hydrogens (tertiary/aromatic N) is 4. The Morgan fingerprint density at radius 3 is 2.47 bits per heavy atom. The molecule has 1 aromatic rings. The molecule has 6 nitrogen and oxygen atoms in total. The molecule has 2 N–H and O–H groups in total. The Labute approximate surface area is 102 Å². The fourth-order valence-electron chi connectivity index (χ4n) is 1.48. The molecule has 0 unspecified atom stereocenters. The first kappa shape index (κ1) is 13.5. The highest BCUT2D eigenvalue weighted by Gasteiger charge is 2.14. The van der Waals surface area contributed by atoms with Crippen molar-refractivity contribution in [2.45, 2.75) is 40.2 Å². The van der Waals surface area contributed by atoms with Gasteiger partial charge in [0.15, 0.2) is 0 Å². The van der Waals surface area contributed by atoms with Crippen molar-refractivity contribution in [3.63, 3.8) is 0 Å². The van der Waals surface area contributed by atoms with Crippen molar-refractivity contribution >= 4 is 11.9 Å². The first-order chi connectivity index (χ1) is 8.08. The zero-order valence-corrected chi connectivity index (χ0v) is 11.0. The van der Waals surface area contributed by atoms with E-state index in [9.17, 15) is 0 Å². The first-order valence-corrected chi connectivity index (χ1v) is 5.99. The average Bonchev–Trinajstić information content (AvgIpc) is 2.26. The molecule has 0 aromatic carbocycles. The summed E-state index contributed by atoms with van der Waals surface area (Å²) in [5.74, 6) is 0.765. The van der Waals surface area contributed by atoms with E-state index in [0.717, 1.165) is 13.0 Å². The average molecular weight is 239 g/mol. The van der Waals surface area contributed by atoms with Crippen LogP contribution in [0, 0.1) is 0 Å². The topological polar surface area (TPSA) is 77.2 Å². The van der Waals surface area contributed by atoms with Gasteiger partial charge in [-0.2, -0.15) is 15.0 Å². The zero-order valence-electron chi connectivity index (χ0n) is 11.0. The number of ether oxygens (including phenoxy) is 1. The smallest absolute Gasteiger partial charge is 0.323 e. The van der Waals surface area contributed by atoms with Crippen LogP contribution in [-0.2, 0) is 0 Å². The second-order valence-corrected chi connectivity index (χ2v) is 4.00. The Bertz CT molecular complexity index is 356. The lowest BCUT2D eigenvalue weighted by Gasteiger charge is -2.25. The van der Waals surface area contributed by atoms with Gasteiger partial charge in [-0.15, -0.1) is 0 Å². The Hall–Kier alpha value is -1.59. The number of anilines is 2. The van der Waals surface area contributed by atoms with Crippen LogP contribution in [0.4, 0.5) is 11.9 Å². The maximum absolute atomic E-state index is 5.65. The van der Waals surface area contributed by atoms with E-state index in [4.69, 9.17) is 10.5 Å². The summed E-state index contributed by atoms with van der Waals surface area (Å²) in [5.41, 5.74) is 5.65. The predicted octanol–water partition coefficient (Wildman–Crippen LogP) is 1.48. The van der Waals surface area contributed by atoms with Gasteiger partial charge >= 0.3 is 6.01 Å². The van der Waals surface area contributed by atoms with Crippen LogP contribution in [0.25, 0.3) is 0 Å². The molecule has 0 aliphatic heterocycles. The molecule has 0 bridgehead atoms. The molecule has 0 fully saturated rings. The van der Waals surface area contributed by atoms with E-state index in [0.29, 0.717) is 24.6 Å². The summed E-state index contributed by atoms with van der Waals surface area (Å²) in [4.78, 5) is 14.4. The van der Waals surface area contributed by atoms with Crippen LogP contribution in [0.3, 0.4) is 0 Å². The number of rotatable bonds is 6. The third-order valence-corrected chi connectivity index (χ3v) is 2.28. The van der Waals surface area contributed by atoms with Crippen molar-refractivity contribution < 1.29 is 4.74 Å². The van der Waals surface area contributed by atoms with E-state index in [1.807, 2.05) is 18.7 Å². The van der Waals surface area contributed by atoms with Crippen LogP contribution in [0.2, 0.25) is 0 Å². The molecule has 0 aliphatic rings. The molecule has 0 aliphatic carbocycles. The maximum Gasteiger partial charge on any atom is 0.323 e. The Morgan fingerprint density at radius 1 is 1.24 bits per heavy atom. The van der Waals surface area contributed by atoms with Gasteiger partial charge in [-0.05, 0) is 27.2 Å². The molecule has 96 valence electrons. The Balaban J connectivity index is 2.94. The molecular weight excluding hydrogens is 218 g/mol. The largest absolute Gasteiger partial charge is 0.463 e. The highest BCUT2D eigenvalue weighted by Crippen LogP contribution is 2.15. The molecule has 17 heavy (non-hydrogen) atoms. The summed E-state index contributed by atoms with van der Waals surface area (Å²) < 4.78 is 5.38. The van der Waals surface area contributed by atoms with Gasteiger partial charge in [0, 0.05) is 12.6 Å². The van der Waals surface area contributed by atoms with Crippen LogP contribution in [-0.4, -0.2) is 34.1 Å². The van der Waals surface area contributed by atoms with Crippen LogP contribution in [0.15, 0.2) is 0 Å². The van der Waals surface area contributed by atoms with E-state index in [1.165, 1.54) is 0 Å². The Morgan fingerprint density at radius 2 is 1.94 bits per heavy atom. The molecule has 0 radical (unpaired) electrons. The van der Waals surface area contributed by atoms with Crippen LogP contribution < -0.4 is 15.4 Å². The van der Waals surface area contributed by atoms with Gasteiger partial charge in [0.2, 0.25) is 11.9 Å². The van der Waals surface area contributed by atoms with E-state index >= 15 is 0 Å². The molecule has 1 heterocycles. The Kier molecular flexibility index (Phi) is 4.93.